The monoisotopic (exact) mass is 276 g/mol. The normalized spacial score (nSPS) is 11.7. The molecule has 0 N–H and O–H groups in total. The number of para-hydroxylation sites is 1. The molecule has 1 aromatic heterocycles. The van der Waals surface area contributed by atoms with Gasteiger partial charge in [0.05, 0.1) is 11.5 Å². The summed E-state index contributed by atoms with van der Waals surface area (Å²) in [5, 5.41) is 0.884. The lowest BCUT2D eigenvalue weighted by molar-refractivity contribution is 0.513. The fourth-order valence-electron chi connectivity index (χ4n) is 2.37. The molecule has 19 heavy (non-hydrogen) atoms. The van der Waals surface area contributed by atoms with Gasteiger partial charge in [-0.25, -0.2) is 4.79 Å². The van der Waals surface area contributed by atoms with Crippen LogP contribution in [0.4, 0.5) is 0 Å². The first kappa shape index (κ1) is 13.9. The minimum Gasteiger partial charge on any atom is -0.543 e. The van der Waals surface area contributed by atoms with Crippen molar-refractivity contribution in [1.29, 1.82) is 0 Å². The van der Waals surface area contributed by atoms with Gasteiger partial charge in [0.1, 0.15) is 11.3 Å². The predicted molar refractivity (Wildman–Crippen MR) is 80.3 cm³/mol. The average molecular weight is 276 g/mol. The van der Waals surface area contributed by atoms with E-state index >= 15 is 0 Å². The standard InChI is InChI=1S/C15H20O3Si/c1-4-19(5-2,6-3)18-14-11-15(16)17-13-10-8-7-9-12(13)14/h7-11H,4-6H2,1-3H3. The summed E-state index contributed by atoms with van der Waals surface area (Å²) in [7, 11) is -1.78. The third-order valence-corrected chi connectivity index (χ3v) is 8.39. The molecule has 0 bridgehead atoms. The van der Waals surface area contributed by atoms with Gasteiger partial charge in [0.25, 0.3) is 8.32 Å². The molecule has 0 amide bonds. The van der Waals surface area contributed by atoms with E-state index < -0.39 is 8.32 Å². The first-order valence-electron chi connectivity index (χ1n) is 6.86. The Hall–Kier alpha value is -1.55. The molecule has 0 fully saturated rings. The first-order chi connectivity index (χ1) is 9.14. The van der Waals surface area contributed by atoms with Gasteiger partial charge in [-0.05, 0) is 30.3 Å². The molecule has 2 rings (SSSR count). The Morgan fingerprint density at radius 2 is 1.74 bits per heavy atom. The zero-order valence-corrected chi connectivity index (χ0v) is 12.7. The summed E-state index contributed by atoms with van der Waals surface area (Å²) in [6, 6.07) is 12.2. The maximum absolute atomic E-state index is 11.6. The molecular weight excluding hydrogens is 256 g/mol. The zero-order valence-electron chi connectivity index (χ0n) is 11.7. The quantitative estimate of drug-likeness (QED) is 0.607. The van der Waals surface area contributed by atoms with Gasteiger partial charge in [0, 0.05) is 0 Å². The van der Waals surface area contributed by atoms with Crippen molar-refractivity contribution in [2.75, 3.05) is 0 Å². The summed E-state index contributed by atoms with van der Waals surface area (Å²) in [5.41, 5.74) is 0.246. The minimum atomic E-state index is -1.78. The number of hydrogen-bond donors (Lipinski definition) is 0. The predicted octanol–water partition coefficient (Wildman–Crippen LogP) is 4.18. The molecule has 0 aliphatic carbocycles. The smallest absolute Gasteiger partial charge is 0.339 e. The van der Waals surface area contributed by atoms with Crippen molar-refractivity contribution < 1.29 is 8.84 Å². The molecule has 0 saturated carbocycles. The largest absolute Gasteiger partial charge is 0.543 e. The number of hydrogen-bond acceptors (Lipinski definition) is 3. The molecule has 102 valence electrons. The van der Waals surface area contributed by atoms with E-state index in [0.717, 1.165) is 23.5 Å². The van der Waals surface area contributed by atoms with E-state index in [4.69, 9.17) is 8.84 Å². The van der Waals surface area contributed by atoms with Crippen LogP contribution in [-0.4, -0.2) is 8.32 Å². The van der Waals surface area contributed by atoms with Crippen LogP contribution in [0.5, 0.6) is 5.75 Å². The van der Waals surface area contributed by atoms with Gasteiger partial charge >= 0.3 is 5.63 Å². The molecule has 0 radical (unpaired) electrons. The SMILES string of the molecule is CC[Si](CC)(CC)Oc1cc(=O)oc2ccccc12. The van der Waals surface area contributed by atoms with Crippen molar-refractivity contribution in [3.8, 4) is 5.75 Å². The molecule has 1 aromatic carbocycles. The second kappa shape index (κ2) is 5.61. The van der Waals surface area contributed by atoms with E-state index in [1.165, 1.54) is 6.07 Å². The van der Waals surface area contributed by atoms with Gasteiger partial charge in [-0.1, -0.05) is 32.9 Å². The maximum Gasteiger partial charge on any atom is 0.339 e. The summed E-state index contributed by atoms with van der Waals surface area (Å²) in [5.74, 6) is 0.684. The summed E-state index contributed by atoms with van der Waals surface area (Å²) in [6.45, 7) is 6.52. The molecule has 2 aromatic rings. The fourth-order valence-corrected chi connectivity index (χ4v) is 4.93. The molecule has 0 unspecified atom stereocenters. The maximum atomic E-state index is 11.6. The van der Waals surface area contributed by atoms with Gasteiger partial charge in [-0.2, -0.15) is 0 Å². The molecule has 0 saturated heterocycles. The Labute approximate surface area is 114 Å². The highest BCUT2D eigenvalue weighted by atomic mass is 28.4. The average Bonchev–Trinajstić information content (AvgIpc) is 2.44. The van der Waals surface area contributed by atoms with Crippen molar-refractivity contribution in [3.05, 3.63) is 40.8 Å². The second-order valence-corrected chi connectivity index (χ2v) is 9.46. The molecule has 0 aliphatic rings. The number of fused-ring (bicyclic) bond motifs is 1. The Morgan fingerprint density at radius 1 is 1.11 bits per heavy atom. The van der Waals surface area contributed by atoms with Gasteiger partial charge in [-0.3, -0.25) is 0 Å². The van der Waals surface area contributed by atoms with E-state index in [-0.39, 0.29) is 5.63 Å². The number of rotatable bonds is 5. The number of benzene rings is 1. The van der Waals surface area contributed by atoms with E-state index in [9.17, 15) is 4.79 Å². The first-order valence-corrected chi connectivity index (χ1v) is 9.39. The van der Waals surface area contributed by atoms with Crippen molar-refractivity contribution >= 4 is 19.3 Å². The Balaban J connectivity index is 2.53. The van der Waals surface area contributed by atoms with Crippen LogP contribution in [0.3, 0.4) is 0 Å². The van der Waals surface area contributed by atoms with Crippen LogP contribution >= 0.6 is 0 Å². The Bertz CT molecular complexity index is 606. The van der Waals surface area contributed by atoms with Crippen molar-refractivity contribution in [2.24, 2.45) is 0 Å². The third-order valence-electron chi connectivity index (χ3n) is 3.87. The zero-order chi connectivity index (χ0) is 13.9. The van der Waals surface area contributed by atoms with Crippen molar-refractivity contribution in [2.45, 2.75) is 38.9 Å². The van der Waals surface area contributed by atoms with Crippen molar-refractivity contribution in [3.63, 3.8) is 0 Å². The highest BCUT2D eigenvalue weighted by molar-refractivity contribution is 6.74. The van der Waals surface area contributed by atoms with Crippen LogP contribution in [0.15, 0.2) is 39.5 Å². The lowest BCUT2D eigenvalue weighted by atomic mass is 10.2. The van der Waals surface area contributed by atoms with Crippen LogP contribution < -0.4 is 10.1 Å². The second-order valence-electron chi connectivity index (χ2n) is 4.77. The van der Waals surface area contributed by atoms with E-state index in [1.54, 1.807) is 6.07 Å². The summed E-state index contributed by atoms with van der Waals surface area (Å²) >= 11 is 0. The minimum absolute atomic E-state index is 0.347. The van der Waals surface area contributed by atoms with Gasteiger partial charge < -0.3 is 8.84 Å². The molecule has 4 heteroatoms. The molecule has 0 atom stereocenters. The summed E-state index contributed by atoms with van der Waals surface area (Å²) in [4.78, 5) is 11.6. The lowest BCUT2D eigenvalue weighted by Gasteiger charge is -2.29. The summed E-state index contributed by atoms with van der Waals surface area (Å²) < 4.78 is 11.5. The topological polar surface area (TPSA) is 39.4 Å². The van der Waals surface area contributed by atoms with E-state index in [2.05, 4.69) is 20.8 Å². The fraction of sp³-hybridized carbons (Fsp3) is 0.400. The summed E-state index contributed by atoms with van der Waals surface area (Å²) in [6.07, 6.45) is 0. The molecule has 3 nitrogen and oxygen atoms in total. The molecule has 0 spiro atoms. The van der Waals surface area contributed by atoms with Crippen molar-refractivity contribution in [1.82, 2.24) is 0 Å². The van der Waals surface area contributed by atoms with E-state index in [0.29, 0.717) is 11.3 Å². The van der Waals surface area contributed by atoms with Crippen LogP contribution in [0.25, 0.3) is 11.0 Å². The van der Waals surface area contributed by atoms with Crippen LogP contribution in [-0.2, 0) is 0 Å². The Kier molecular flexibility index (Phi) is 4.10. The van der Waals surface area contributed by atoms with Gasteiger partial charge in [0.2, 0.25) is 0 Å². The lowest BCUT2D eigenvalue weighted by Crippen LogP contribution is -2.39. The Morgan fingerprint density at radius 3 is 2.37 bits per heavy atom. The van der Waals surface area contributed by atoms with Gasteiger partial charge in [0.15, 0.2) is 0 Å². The van der Waals surface area contributed by atoms with Gasteiger partial charge in [-0.15, -0.1) is 0 Å². The van der Waals surface area contributed by atoms with E-state index in [1.807, 2.05) is 18.2 Å². The third kappa shape index (κ3) is 2.73. The molecule has 1 heterocycles. The van der Waals surface area contributed by atoms with Crippen LogP contribution in [0, 0.1) is 0 Å². The highest BCUT2D eigenvalue weighted by Gasteiger charge is 2.31. The highest BCUT2D eigenvalue weighted by Crippen LogP contribution is 2.30. The molecule has 0 aliphatic heterocycles. The van der Waals surface area contributed by atoms with Crippen LogP contribution in [0.2, 0.25) is 18.1 Å². The van der Waals surface area contributed by atoms with Crippen LogP contribution in [0.1, 0.15) is 20.8 Å². The molecular formula is C15H20O3Si.